The van der Waals surface area contributed by atoms with Crippen molar-refractivity contribution in [3.8, 4) is 0 Å². The molecule has 3 heteroatoms. The molecule has 0 saturated carbocycles. The first-order valence-electron chi connectivity index (χ1n) is 4.69. The fourth-order valence-corrected chi connectivity index (χ4v) is 1.54. The van der Waals surface area contributed by atoms with E-state index >= 15 is 0 Å². The summed E-state index contributed by atoms with van der Waals surface area (Å²) < 4.78 is 0. The first kappa shape index (κ1) is 10.1. The molecule has 0 bridgehead atoms. The number of hydrogen-bond acceptors (Lipinski definition) is 2. The predicted molar refractivity (Wildman–Crippen MR) is 61.7 cm³/mol. The molecule has 0 fully saturated rings. The molecule has 0 unspecified atom stereocenters. The van der Waals surface area contributed by atoms with Crippen LogP contribution in [0.1, 0.15) is 17.2 Å². The van der Waals surface area contributed by atoms with Gasteiger partial charge in [-0.2, -0.15) is 0 Å². The molecule has 2 rings (SSSR count). The van der Waals surface area contributed by atoms with Crippen LogP contribution in [0, 0.1) is 0 Å². The van der Waals surface area contributed by atoms with Crippen LogP contribution in [0.2, 0.25) is 5.15 Å². The van der Waals surface area contributed by atoms with Crippen LogP contribution >= 0.6 is 11.6 Å². The van der Waals surface area contributed by atoms with Gasteiger partial charge in [0.1, 0.15) is 5.15 Å². The van der Waals surface area contributed by atoms with Crippen molar-refractivity contribution < 1.29 is 0 Å². The van der Waals surface area contributed by atoms with Gasteiger partial charge in [0, 0.05) is 6.20 Å². The first-order chi connectivity index (χ1) is 7.27. The van der Waals surface area contributed by atoms with Crippen molar-refractivity contribution in [1.82, 2.24) is 4.98 Å². The van der Waals surface area contributed by atoms with Crippen molar-refractivity contribution >= 4 is 11.6 Å². The van der Waals surface area contributed by atoms with Crippen molar-refractivity contribution in [3.05, 3.63) is 64.9 Å². The van der Waals surface area contributed by atoms with Gasteiger partial charge in [-0.05, 0) is 17.2 Å². The van der Waals surface area contributed by atoms with Crippen LogP contribution in [0.15, 0.2) is 48.7 Å². The molecule has 2 aromatic rings. The van der Waals surface area contributed by atoms with E-state index in [0.29, 0.717) is 5.15 Å². The minimum Gasteiger partial charge on any atom is -0.320 e. The molecule has 1 aromatic carbocycles. The second-order valence-electron chi connectivity index (χ2n) is 3.30. The number of pyridine rings is 1. The zero-order valence-corrected chi connectivity index (χ0v) is 8.85. The average molecular weight is 219 g/mol. The lowest BCUT2D eigenvalue weighted by Gasteiger charge is -2.11. The Hall–Kier alpha value is -1.38. The van der Waals surface area contributed by atoms with Crippen LogP contribution in [0.5, 0.6) is 0 Å². The zero-order valence-electron chi connectivity index (χ0n) is 8.10. The summed E-state index contributed by atoms with van der Waals surface area (Å²) in [6, 6.07) is 13.4. The van der Waals surface area contributed by atoms with Gasteiger partial charge in [0.05, 0.1) is 6.04 Å². The molecule has 0 amide bonds. The van der Waals surface area contributed by atoms with E-state index in [1.54, 1.807) is 12.3 Å². The van der Waals surface area contributed by atoms with Crippen LogP contribution in [0.25, 0.3) is 0 Å². The molecule has 1 heterocycles. The Balaban J connectivity index is 2.29. The molecule has 2 N–H and O–H groups in total. The van der Waals surface area contributed by atoms with Gasteiger partial charge in [-0.15, -0.1) is 0 Å². The summed E-state index contributed by atoms with van der Waals surface area (Å²) in [5.74, 6) is 0. The van der Waals surface area contributed by atoms with Gasteiger partial charge in [-0.1, -0.05) is 48.0 Å². The van der Waals surface area contributed by atoms with Crippen LogP contribution in [0.3, 0.4) is 0 Å². The van der Waals surface area contributed by atoms with E-state index in [2.05, 4.69) is 4.98 Å². The standard InChI is InChI=1S/C12H11ClN2/c13-11-7-6-10(8-15-11)12(14)9-4-2-1-3-5-9/h1-8,12H,14H2/t12-/m0/s1. The topological polar surface area (TPSA) is 38.9 Å². The van der Waals surface area contributed by atoms with E-state index in [1.165, 1.54) is 0 Å². The largest absolute Gasteiger partial charge is 0.320 e. The number of benzene rings is 1. The summed E-state index contributed by atoms with van der Waals surface area (Å²) in [7, 11) is 0. The summed E-state index contributed by atoms with van der Waals surface area (Å²) in [4.78, 5) is 4.01. The van der Waals surface area contributed by atoms with Crippen molar-refractivity contribution in [3.63, 3.8) is 0 Å². The van der Waals surface area contributed by atoms with Crippen molar-refractivity contribution in [2.45, 2.75) is 6.04 Å². The maximum Gasteiger partial charge on any atom is 0.129 e. The van der Waals surface area contributed by atoms with Crippen LogP contribution in [-0.4, -0.2) is 4.98 Å². The molecule has 15 heavy (non-hydrogen) atoms. The average Bonchev–Trinajstić information content (AvgIpc) is 2.30. The van der Waals surface area contributed by atoms with E-state index in [1.807, 2.05) is 36.4 Å². The smallest absolute Gasteiger partial charge is 0.129 e. The Morgan fingerprint density at radius 1 is 1.00 bits per heavy atom. The van der Waals surface area contributed by atoms with E-state index in [-0.39, 0.29) is 6.04 Å². The Morgan fingerprint density at radius 2 is 1.73 bits per heavy atom. The molecule has 0 aliphatic heterocycles. The number of halogens is 1. The van der Waals surface area contributed by atoms with E-state index in [4.69, 9.17) is 17.3 Å². The fourth-order valence-electron chi connectivity index (χ4n) is 1.42. The molecule has 76 valence electrons. The lowest BCUT2D eigenvalue weighted by molar-refractivity contribution is 0.863. The number of hydrogen-bond donors (Lipinski definition) is 1. The highest BCUT2D eigenvalue weighted by molar-refractivity contribution is 6.29. The van der Waals surface area contributed by atoms with E-state index in [0.717, 1.165) is 11.1 Å². The van der Waals surface area contributed by atoms with Gasteiger partial charge in [-0.3, -0.25) is 0 Å². The molecular weight excluding hydrogens is 208 g/mol. The highest BCUT2D eigenvalue weighted by atomic mass is 35.5. The third-order valence-electron chi connectivity index (χ3n) is 2.27. The number of nitrogens with zero attached hydrogens (tertiary/aromatic N) is 1. The van der Waals surface area contributed by atoms with Gasteiger partial charge >= 0.3 is 0 Å². The Labute approximate surface area is 93.7 Å². The third kappa shape index (κ3) is 2.35. The minimum absolute atomic E-state index is 0.143. The summed E-state index contributed by atoms with van der Waals surface area (Å²) >= 11 is 5.71. The van der Waals surface area contributed by atoms with Gasteiger partial charge in [0.15, 0.2) is 0 Å². The molecule has 0 radical (unpaired) electrons. The molecule has 1 aromatic heterocycles. The lowest BCUT2D eigenvalue weighted by Crippen LogP contribution is -2.11. The molecule has 0 spiro atoms. The molecule has 0 saturated heterocycles. The summed E-state index contributed by atoms with van der Waals surface area (Å²) in [6.07, 6.45) is 1.71. The van der Waals surface area contributed by atoms with Gasteiger partial charge in [-0.25, -0.2) is 4.98 Å². The maximum absolute atomic E-state index is 6.08. The first-order valence-corrected chi connectivity index (χ1v) is 5.07. The highest BCUT2D eigenvalue weighted by Crippen LogP contribution is 2.19. The molecule has 0 aliphatic carbocycles. The number of nitrogens with two attached hydrogens (primary N) is 1. The SMILES string of the molecule is N[C@@H](c1ccccc1)c1ccc(Cl)nc1. The van der Waals surface area contributed by atoms with E-state index in [9.17, 15) is 0 Å². The van der Waals surface area contributed by atoms with Crippen LogP contribution in [0.4, 0.5) is 0 Å². The normalized spacial score (nSPS) is 12.4. The lowest BCUT2D eigenvalue weighted by atomic mass is 10.0. The Bertz CT molecular complexity index is 425. The summed E-state index contributed by atoms with van der Waals surface area (Å²) in [6.45, 7) is 0. The quantitative estimate of drug-likeness (QED) is 0.788. The summed E-state index contributed by atoms with van der Waals surface area (Å²) in [5.41, 5.74) is 8.12. The second-order valence-corrected chi connectivity index (χ2v) is 3.69. The van der Waals surface area contributed by atoms with Gasteiger partial charge in [0.25, 0.3) is 0 Å². The second kappa shape index (κ2) is 4.43. The maximum atomic E-state index is 6.08. The van der Waals surface area contributed by atoms with Crippen molar-refractivity contribution in [1.29, 1.82) is 0 Å². The Morgan fingerprint density at radius 3 is 2.33 bits per heavy atom. The van der Waals surface area contributed by atoms with Gasteiger partial charge in [0.2, 0.25) is 0 Å². The zero-order chi connectivity index (χ0) is 10.7. The third-order valence-corrected chi connectivity index (χ3v) is 2.49. The molecule has 0 aliphatic rings. The monoisotopic (exact) mass is 218 g/mol. The summed E-state index contributed by atoms with van der Waals surface area (Å²) in [5, 5.41) is 0.485. The Kier molecular flexibility index (Phi) is 2.99. The fraction of sp³-hybridized carbons (Fsp3) is 0.0833. The number of rotatable bonds is 2. The van der Waals surface area contributed by atoms with Crippen molar-refractivity contribution in [2.24, 2.45) is 5.73 Å². The predicted octanol–water partition coefficient (Wildman–Crippen LogP) is 2.78. The highest BCUT2D eigenvalue weighted by Gasteiger charge is 2.07. The van der Waals surface area contributed by atoms with Gasteiger partial charge < -0.3 is 5.73 Å². The molecular formula is C12H11ClN2. The minimum atomic E-state index is -0.143. The van der Waals surface area contributed by atoms with Crippen molar-refractivity contribution in [2.75, 3.05) is 0 Å². The molecule has 1 atom stereocenters. The van der Waals surface area contributed by atoms with E-state index < -0.39 is 0 Å². The van der Waals surface area contributed by atoms with Crippen LogP contribution in [-0.2, 0) is 0 Å². The van der Waals surface area contributed by atoms with Crippen LogP contribution < -0.4 is 5.73 Å². The molecule has 2 nitrogen and oxygen atoms in total. The number of aromatic nitrogens is 1.